The van der Waals surface area contributed by atoms with Gasteiger partial charge in [0.05, 0.1) is 10.0 Å². The molecule has 1 aromatic carbocycles. The standard InChI is InChI=1S/C10H8Cl2S/c11-9-6-3-5-8(10(9)12)4-1-2-7-13/h3,5-6,13H,2,7H2. The van der Waals surface area contributed by atoms with Gasteiger partial charge in [-0.1, -0.05) is 41.1 Å². The van der Waals surface area contributed by atoms with E-state index < -0.39 is 0 Å². The SMILES string of the molecule is SCCC#Cc1cccc(Cl)c1Cl. The molecule has 3 heteroatoms. The molecule has 0 atom stereocenters. The predicted molar refractivity (Wildman–Crippen MR) is 61.8 cm³/mol. The Morgan fingerprint density at radius 3 is 2.77 bits per heavy atom. The molecule has 0 heterocycles. The summed E-state index contributed by atoms with van der Waals surface area (Å²) in [5, 5.41) is 1.06. The Labute approximate surface area is 93.7 Å². The van der Waals surface area contributed by atoms with Crippen LogP contribution >= 0.6 is 35.8 Å². The van der Waals surface area contributed by atoms with Gasteiger partial charge in [0.1, 0.15) is 0 Å². The Kier molecular flexibility index (Phi) is 4.52. The van der Waals surface area contributed by atoms with E-state index in [9.17, 15) is 0 Å². The molecule has 0 N–H and O–H groups in total. The number of thiol groups is 1. The summed E-state index contributed by atoms with van der Waals surface area (Å²) in [6.45, 7) is 0. The quantitative estimate of drug-likeness (QED) is 0.553. The van der Waals surface area contributed by atoms with Crippen molar-refractivity contribution in [3.63, 3.8) is 0 Å². The van der Waals surface area contributed by atoms with Gasteiger partial charge in [0.25, 0.3) is 0 Å². The summed E-state index contributed by atoms with van der Waals surface area (Å²) in [5.74, 6) is 6.64. The summed E-state index contributed by atoms with van der Waals surface area (Å²) in [4.78, 5) is 0. The molecule has 0 nitrogen and oxygen atoms in total. The predicted octanol–water partition coefficient (Wildman–Crippen LogP) is 3.66. The molecule has 0 radical (unpaired) electrons. The van der Waals surface area contributed by atoms with Crippen molar-refractivity contribution in [2.24, 2.45) is 0 Å². The fraction of sp³-hybridized carbons (Fsp3) is 0.200. The molecule has 0 aromatic heterocycles. The van der Waals surface area contributed by atoms with E-state index in [1.807, 2.05) is 12.1 Å². The van der Waals surface area contributed by atoms with E-state index in [2.05, 4.69) is 24.5 Å². The van der Waals surface area contributed by atoms with Crippen molar-refractivity contribution in [3.05, 3.63) is 33.8 Å². The van der Waals surface area contributed by atoms with E-state index in [4.69, 9.17) is 23.2 Å². The van der Waals surface area contributed by atoms with Crippen molar-refractivity contribution in [2.45, 2.75) is 6.42 Å². The molecule has 13 heavy (non-hydrogen) atoms. The molecule has 0 fully saturated rings. The minimum atomic E-state index is 0.524. The first-order valence-electron chi connectivity index (χ1n) is 3.79. The monoisotopic (exact) mass is 230 g/mol. The molecule has 1 aromatic rings. The van der Waals surface area contributed by atoms with E-state index in [1.54, 1.807) is 6.07 Å². The minimum Gasteiger partial charge on any atom is -0.178 e. The van der Waals surface area contributed by atoms with Gasteiger partial charge in [0.15, 0.2) is 0 Å². The molecule has 68 valence electrons. The molecule has 0 aliphatic carbocycles. The van der Waals surface area contributed by atoms with Crippen LogP contribution in [0.3, 0.4) is 0 Å². The van der Waals surface area contributed by atoms with Crippen molar-refractivity contribution < 1.29 is 0 Å². The van der Waals surface area contributed by atoms with Crippen LogP contribution in [0.2, 0.25) is 10.0 Å². The van der Waals surface area contributed by atoms with E-state index in [-0.39, 0.29) is 0 Å². The van der Waals surface area contributed by atoms with Gasteiger partial charge in [-0.05, 0) is 12.1 Å². The Bertz CT molecular complexity index is 350. The summed E-state index contributed by atoms with van der Waals surface area (Å²) in [6, 6.07) is 5.42. The molecular weight excluding hydrogens is 223 g/mol. The lowest BCUT2D eigenvalue weighted by molar-refractivity contribution is 1.31. The first-order valence-corrected chi connectivity index (χ1v) is 5.18. The maximum atomic E-state index is 5.92. The molecule has 0 bridgehead atoms. The van der Waals surface area contributed by atoms with E-state index in [0.29, 0.717) is 10.0 Å². The minimum absolute atomic E-state index is 0.524. The highest BCUT2D eigenvalue weighted by Crippen LogP contribution is 2.24. The third-order valence-electron chi connectivity index (χ3n) is 1.41. The van der Waals surface area contributed by atoms with E-state index in [0.717, 1.165) is 17.7 Å². The van der Waals surface area contributed by atoms with Crippen LogP contribution in [0, 0.1) is 11.8 Å². The van der Waals surface area contributed by atoms with Crippen molar-refractivity contribution >= 4 is 35.8 Å². The summed E-state index contributed by atoms with van der Waals surface area (Å²) < 4.78 is 0. The van der Waals surface area contributed by atoms with Crippen molar-refractivity contribution in [2.75, 3.05) is 5.75 Å². The van der Waals surface area contributed by atoms with Gasteiger partial charge < -0.3 is 0 Å². The Balaban J connectivity index is 2.91. The first kappa shape index (κ1) is 10.8. The van der Waals surface area contributed by atoms with Crippen molar-refractivity contribution in [1.82, 2.24) is 0 Å². The summed E-state index contributed by atoms with van der Waals surface area (Å²) >= 11 is 15.8. The normalized spacial score (nSPS) is 9.15. The third-order valence-corrected chi connectivity index (χ3v) is 2.45. The molecule has 0 saturated heterocycles. The van der Waals surface area contributed by atoms with Crippen LogP contribution in [0.25, 0.3) is 0 Å². The topological polar surface area (TPSA) is 0 Å². The number of hydrogen-bond acceptors (Lipinski definition) is 1. The molecular formula is C10H8Cl2S. The molecule has 0 spiro atoms. The lowest BCUT2D eigenvalue weighted by Crippen LogP contribution is -1.78. The molecule has 1 rings (SSSR count). The zero-order chi connectivity index (χ0) is 9.68. The zero-order valence-electron chi connectivity index (χ0n) is 6.85. The zero-order valence-corrected chi connectivity index (χ0v) is 9.26. The highest BCUT2D eigenvalue weighted by Gasteiger charge is 1.99. The highest BCUT2D eigenvalue weighted by atomic mass is 35.5. The molecule has 0 aliphatic rings. The number of benzene rings is 1. The van der Waals surface area contributed by atoms with Crippen LogP contribution in [0.5, 0.6) is 0 Å². The lowest BCUT2D eigenvalue weighted by Gasteiger charge is -1.96. The van der Waals surface area contributed by atoms with E-state index >= 15 is 0 Å². The van der Waals surface area contributed by atoms with Gasteiger partial charge >= 0.3 is 0 Å². The van der Waals surface area contributed by atoms with Crippen LogP contribution in [0.15, 0.2) is 18.2 Å². The van der Waals surface area contributed by atoms with Crippen LogP contribution in [0.4, 0.5) is 0 Å². The van der Waals surface area contributed by atoms with Crippen LogP contribution in [-0.2, 0) is 0 Å². The maximum absolute atomic E-state index is 5.92. The molecule has 0 saturated carbocycles. The van der Waals surface area contributed by atoms with Gasteiger partial charge in [-0.25, -0.2) is 0 Å². The van der Waals surface area contributed by atoms with Gasteiger partial charge in [-0.3, -0.25) is 0 Å². The maximum Gasteiger partial charge on any atom is 0.0748 e. The van der Waals surface area contributed by atoms with Crippen molar-refractivity contribution in [3.8, 4) is 11.8 Å². The van der Waals surface area contributed by atoms with Crippen LogP contribution in [-0.4, -0.2) is 5.75 Å². The molecule has 0 amide bonds. The second kappa shape index (κ2) is 5.44. The number of halogens is 2. The third kappa shape index (κ3) is 3.15. The Morgan fingerprint density at radius 2 is 2.08 bits per heavy atom. The molecule has 0 aliphatic heterocycles. The number of rotatable bonds is 1. The lowest BCUT2D eigenvalue weighted by atomic mass is 10.2. The highest BCUT2D eigenvalue weighted by molar-refractivity contribution is 7.80. The Hall–Kier alpha value is -0.290. The smallest absolute Gasteiger partial charge is 0.0748 e. The summed E-state index contributed by atoms with van der Waals surface area (Å²) in [5.41, 5.74) is 0.774. The second-order valence-electron chi connectivity index (χ2n) is 2.38. The van der Waals surface area contributed by atoms with E-state index in [1.165, 1.54) is 0 Å². The average molecular weight is 231 g/mol. The van der Waals surface area contributed by atoms with Gasteiger partial charge in [-0.15, -0.1) is 0 Å². The van der Waals surface area contributed by atoms with Crippen LogP contribution < -0.4 is 0 Å². The summed E-state index contributed by atoms with van der Waals surface area (Å²) in [6.07, 6.45) is 0.756. The Morgan fingerprint density at radius 1 is 1.31 bits per heavy atom. The molecule has 0 unspecified atom stereocenters. The summed E-state index contributed by atoms with van der Waals surface area (Å²) in [7, 11) is 0. The first-order chi connectivity index (χ1) is 6.25. The van der Waals surface area contributed by atoms with Gasteiger partial charge in [-0.2, -0.15) is 12.6 Å². The number of hydrogen-bond donors (Lipinski definition) is 1. The average Bonchev–Trinajstić information content (AvgIpc) is 2.13. The van der Waals surface area contributed by atoms with Gasteiger partial charge in [0, 0.05) is 17.7 Å². The van der Waals surface area contributed by atoms with Gasteiger partial charge in [0.2, 0.25) is 0 Å². The van der Waals surface area contributed by atoms with Crippen LogP contribution in [0.1, 0.15) is 12.0 Å². The largest absolute Gasteiger partial charge is 0.178 e. The fourth-order valence-corrected chi connectivity index (χ4v) is 1.27. The second-order valence-corrected chi connectivity index (χ2v) is 3.61. The fourth-order valence-electron chi connectivity index (χ4n) is 0.814. The van der Waals surface area contributed by atoms with Crippen molar-refractivity contribution in [1.29, 1.82) is 0 Å².